The number of amides is 1. The average molecular weight is 492 g/mol. The van der Waals surface area contributed by atoms with Gasteiger partial charge in [0.15, 0.2) is 0 Å². The third-order valence-corrected chi connectivity index (χ3v) is 5.99. The number of nitrogens with zero attached hydrogens (tertiary/aromatic N) is 3. The van der Waals surface area contributed by atoms with E-state index in [0.29, 0.717) is 40.1 Å². The Morgan fingerprint density at radius 3 is 2.57 bits per heavy atom. The molecular formula is C26H26ClN5O3. The second kappa shape index (κ2) is 9.76. The van der Waals surface area contributed by atoms with E-state index in [1.807, 2.05) is 25.1 Å². The van der Waals surface area contributed by atoms with Crippen LogP contribution in [0.2, 0.25) is 5.02 Å². The van der Waals surface area contributed by atoms with Gasteiger partial charge in [-0.1, -0.05) is 23.7 Å². The minimum atomic E-state index is -0.610. The number of pyridine rings is 2. The lowest BCUT2D eigenvalue weighted by molar-refractivity contribution is -0.114. The number of rotatable bonds is 7. The van der Waals surface area contributed by atoms with E-state index in [2.05, 4.69) is 10.3 Å². The molecule has 0 fully saturated rings. The van der Waals surface area contributed by atoms with Gasteiger partial charge in [0.1, 0.15) is 11.7 Å². The van der Waals surface area contributed by atoms with Crippen LogP contribution in [-0.2, 0) is 11.8 Å². The van der Waals surface area contributed by atoms with Gasteiger partial charge in [-0.2, -0.15) is 0 Å². The second-order valence-corrected chi connectivity index (χ2v) is 8.69. The summed E-state index contributed by atoms with van der Waals surface area (Å²) in [6.45, 7) is 5.58. The van der Waals surface area contributed by atoms with Crippen molar-refractivity contribution < 1.29 is 9.53 Å². The Balaban J connectivity index is 1.94. The molecule has 4 rings (SSSR count). The molecule has 3 aromatic rings. The van der Waals surface area contributed by atoms with Gasteiger partial charge in [0, 0.05) is 35.7 Å². The molecule has 1 aliphatic rings. The van der Waals surface area contributed by atoms with Crippen molar-refractivity contribution in [3.63, 3.8) is 0 Å². The fraction of sp³-hybridized carbons (Fsp3) is 0.231. The summed E-state index contributed by atoms with van der Waals surface area (Å²) in [7, 11) is 1.65. The molecule has 1 atom stereocenters. The topological polar surface area (TPSA) is 100 Å². The van der Waals surface area contributed by atoms with Crippen molar-refractivity contribution >= 4 is 34.6 Å². The maximum Gasteiger partial charge on any atom is 0.262 e. The number of benzene rings is 1. The Morgan fingerprint density at radius 1 is 1.23 bits per heavy atom. The van der Waals surface area contributed by atoms with Crippen LogP contribution in [0, 0.1) is 12.3 Å². The summed E-state index contributed by atoms with van der Waals surface area (Å²) in [5.74, 6) is 0.0445. The monoisotopic (exact) mass is 491 g/mol. The van der Waals surface area contributed by atoms with Crippen molar-refractivity contribution in [1.82, 2.24) is 9.55 Å². The third kappa shape index (κ3) is 4.57. The van der Waals surface area contributed by atoms with Gasteiger partial charge >= 0.3 is 0 Å². The third-order valence-electron chi connectivity index (χ3n) is 5.74. The van der Waals surface area contributed by atoms with Crippen molar-refractivity contribution in [2.75, 3.05) is 16.8 Å². The van der Waals surface area contributed by atoms with E-state index in [-0.39, 0.29) is 22.8 Å². The van der Waals surface area contributed by atoms with Gasteiger partial charge in [0.2, 0.25) is 5.88 Å². The number of carbonyl (C=O) groups excluding carboxylic acids is 1. The summed E-state index contributed by atoms with van der Waals surface area (Å²) < 4.78 is 7.13. The van der Waals surface area contributed by atoms with Crippen LogP contribution in [0.4, 0.5) is 11.4 Å². The predicted octanol–water partition coefficient (Wildman–Crippen LogP) is 4.63. The molecule has 0 spiro atoms. The van der Waals surface area contributed by atoms with Gasteiger partial charge in [-0.25, -0.2) is 4.98 Å². The molecule has 35 heavy (non-hydrogen) atoms. The van der Waals surface area contributed by atoms with E-state index in [4.69, 9.17) is 21.7 Å². The molecule has 0 saturated carbocycles. The summed E-state index contributed by atoms with van der Waals surface area (Å²) in [6, 6.07) is 11.9. The molecule has 0 saturated heterocycles. The van der Waals surface area contributed by atoms with Crippen molar-refractivity contribution in [1.29, 1.82) is 5.41 Å². The number of carbonyl (C=O) groups is 1. The van der Waals surface area contributed by atoms with Crippen molar-refractivity contribution in [2.45, 2.75) is 26.8 Å². The van der Waals surface area contributed by atoms with Crippen LogP contribution in [0.1, 0.15) is 31.0 Å². The first-order chi connectivity index (χ1) is 16.7. The molecular weight excluding hydrogens is 466 g/mol. The van der Waals surface area contributed by atoms with E-state index >= 15 is 0 Å². The molecule has 1 aliphatic heterocycles. The summed E-state index contributed by atoms with van der Waals surface area (Å²) in [5, 5.41) is 12.4. The zero-order chi connectivity index (χ0) is 25.3. The number of anilines is 2. The van der Waals surface area contributed by atoms with Gasteiger partial charge in [-0.3, -0.25) is 14.5 Å². The van der Waals surface area contributed by atoms with Crippen LogP contribution in [-0.4, -0.2) is 27.8 Å². The number of aryl methyl sites for hydroxylation is 2. The molecule has 2 aromatic heterocycles. The smallest absolute Gasteiger partial charge is 0.262 e. The molecule has 0 aliphatic carbocycles. The molecule has 0 radical (unpaired) electrons. The fourth-order valence-corrected chi connectivity index (χ4v) is 4.34. The Bertz CT molecular complexity index is 1370. The molecule has 3 heterocycles. The van der Waals surface area contributed by atoms with Gasteiger partial charge in [0.05, 0.1) is 23.6 Å². The lowest BCUT2D eigenvalue weighted by atomic mass is 10.0. The molecule has 2 N–H and O–H groups in total. The Hall–Kier alpha value is -3.91. The highest BCUT2D eigenvalue weighted by Gasteiger charge is 2.42. The minimum absolute atomic E-state index is 0.113. The predicted molar refractivity (Wildman–Crippen MR) is 138 cm³/mol. The highest BCUT2D eigenvalue weighted by atomic mass is 35.5. The number of ether oxygens (including phenoxy) is 1. The lowest BCUT2D eigenvalue weighted by Gasteiger charge is -2.29. The maximum absolute atomic E-state index is 13.8. The summed E-state index contributed by atoms with van der Waals surface area (Å²) in [6.07, 6.45) is 3.26. The van der Waals surface area contributed by atoms with Gasteiger partial charge in [-0.05, 0) is 56.7 Å². The Labute approximate surface area is 208 Å². The quantitative estimate of drug-likeness (QED) is 0.469. The van der Waals surface area contributed by atoms with Crippen LogP contribution < -0.4 is 20.5 Å². The number of aromatic nitrogens is 2. The first-order valence-corrected chi connectivity index (χ1v) is 11.5. The molecule has 0 bridgehead atoms. The number of hydrogen-bond acceptors (Lipinski definition) is 6. The normalized spacial score (nSPS) is 15.5. The first kappa shape index (κ1) is 24.2. The highest BCUT2D eigenvalue weighted by molar-refractivity contribution is 6.30. The molecule has 8 nitrogen and oxygen atoms in total. The van der Waals surface area contributed by atoms with Crippen LogP contribution >= 0.6 is 11.6 Å². The summed E-state index contributed by atoms with van der Waals surface area (Å²) in [5.41, 5.74) is 3.14. The van der Waals surface area contributed by atoms with Crippen molar-refractivity contribution in [3.8, 4) is 5.88 Å². The van der Waals surface area contributed by atoms with E-state index in [1.54, 1.807) is 62.5 Å². The minimum Gasteiger partial charge on any atom is -0.476 e. The van der Waals surface area contributed by atoms with E-state index < -0.39 is 6.04 Å². The Kier molecular flexibility index (Phi) is 6.75. The van der Waals surface area contributed by atoms with Crippen LogP contribution in [0.25, 0.3) is 0 Å². The number of hydrogen-bond donors (Lipinski definition) is 2. The van der Waals surface area contributed by atoms with Crippen LogP contribution in [0.3, 0.4) is 0 Å². The fourth-order valence-electron chi connectivity index (χ4n) is 4.21. The lowest BCUT2D eigenvalue weighted by Crippen LogP contribution is -2.33. The molecule has 1 amide bonds. The SMILES string of the molecule is CCOc1ncccc1NC1=C(C(C)=N)C(=O)N(c2cc(C)c(=O)n(C)c2)C1c1ccc(Cl)cc1. The number of nitrogens with one attached hydrogen (secondary N) is 2. The number of halogens is 1. The van der Waals surface area contributed by atoms with Crippen LogP contribution in [0.15, 0.2) is 70.9 Å². The zero-order valence-electron chi connectivity index (χ0n) is 19.9. The summed E-state index contributed by atoms with van der Waals surface area (Å²) >= 11 is 6.16. The van der Waals surface area contributed by atoms with Gasteiger partial charge in [-0.15, -0.1) is 0 Å². The largest absolute Gasteiger partial charge is 0.476 e. The standard InChI is InChI=1S/C26H26ClN5O3/c1-5-35-24-20(7-6-12-29-24)30-22-21(16(3)28)26(34)32(19-13-15(2)25(33)31(4)14-19)23(22)17-8-10-18(27)11-9-17/h6-14,23,28,30H,5H2,1-4H3. The molecule has 1 unspecified atom stereocenters. The van der Waals surface area contributed by atoms with Crippen LogP contribution in [0.5, 0.6) is 5.88 Å². The molecule has 1 aromatic carbocycles. The van der Waals surface area contributed by atoms with Crippen molar-refractivity contribution in [2.24, 2.45) is 7.05 Å². The van der Waals surface area contributed by atoms with Gasteiger partial charge < -0.3 is 20.0 Å². The van der Waals surface area contributed by atoms with E-state index in [9.17, 15) is 9.59 Å². The Morgan fingerprint density at radius 2 is 1.94 bits per heavy atom. The zero-order valence-corrected chi connectivity index (χ0v) is 20.7. The van der Waals surface area contributed by atoms with E-state index in [0.717, 1.165) is 5.56 Å². The summed E-state index contributed by atoms with van der Waals surface area (Å²) in [4.78, 5) is 32.1. The average Bonchev–Trinajstić information content (AvgIpc) is 3.11. The van der Waals surface area contributed by atoms with Gasteiger partial charge in [0.25, 0.3) is 11.5 Å². The molecule has 180 valence electrons. The maximum atomic E-state index is 13.8. The first-order valence-electron chi connectivity index (χ1n) is 11.1. The van der Waals surface area contributed by atoms with Crippen molar-refractivity contribution in [3.05, 3.63) is 92.6 Å². The van der Waals surface area contributed by atoms with E-state index in [1.165, 1.54) is 4.57 Å². The molecule has 9 heteroatoms. The second-order valence-electron chi connectivity index (χ2n) is 8.25. The highest BCUT2D eigenvalue weighted by Crippen LogP contribution is 2.42.